The van der Waals surface area contributed by atoms with Gasteiger partial charge in [-0.05, 0) is 31.7 Å². The predicted molar refractivity (Wildman–Crippen MR) is 114 cm³/mol. The summed E-state index contributed by atoms with van der Waals surface area (Å²) in [4.78, 5) is 9.56. The van der Waals surface area contributed by atoms with Crippen LogP contribution >= 0.6 is 0 Å². The summed E-state index contributed by atoms with van der Waals surface area (Å²) in [5.41, 5.74) is 1.62. The molecule has 1 aliphatic carbocycles. The van der Waals surface area contributed by atoms with Gasteiger partial charge in [-0.1, -0.05) is 36.8 Å². The molecule has 0 amide bonds. The number of methoxy groups -OCH3 is 1. The maximum absolute atomic E-state index is 5.16. The fourth-order valence-corrected chi connectivity index (χ4v) is 4.35. The number of hydrogen-bond acceptors (Lipinski definition) is 4. The van der Waals surface area contributed by atoms with Crippen LogP contribution in [0.25, 0.3) is 0 Å². The van der Waals surface area contributed by atoms with E-state index in [4.69, 9.17) is 9.73 Å². The highest BCUT2D eigenvalue weighted by molar-refractivity contribution is 5.80. The first kappa shape index (κ1) is 19.9. The Bertz CT molecular complexity index is 827. The summed E-state index contributed by atoms with van der Waals surface area (Å²) in [6.07, 6.45) is 5.67. The first-order valence-electron chi connectivity index (χ1n) is 10.7. The molecule has 1 fully saturated rings. The van der Waals surface area contributed by atoms with Crippen LogP contribution in [-0.4, -0.2) is 47.0 Å². The summed E-state index contributed by atoms with van der Waals surface area (Å²) in [7, 11) is 1.67. The van der Waals surface area contributed by atoms with Crippen LogP contribution in [0.15, 0.2) is 35.3 Å². The second kappa shape index (κ2) is 8.95. The number of nitrogens with zero attached hydrogens (tertiary/aromatic N) is 4. The fourth-order valence-electron chi connectivity index (χ4n) is 4.35. The quantitative estimate of drug-likeness (QED) is 0.555. The monoisotopic (exact) mass is 396 g/mol. The minimum absolute atomic E-state index is 0.199. The van der Waals surface area contributed by atoms with Crippen molar-refractivity contribution < 1.29 is 4.74 Å². The molecule has 1 aliphatic heterocycles. The van der Waals surface area contributed by atoms with Crippen LogP contribution in [0.1, 0.15) is 49.8 Å². The minimum atomic E-state index is 0.199. The maximum Gasteiger partial charge on any atom is 0.191 e. The Morgan fingerprint density at radius 3 is 2.83 bits per heavy atom. The van der Waals surface area contributed by atoms with E-state index in [1.54, 1.807) is 7.11 Å². The number of aryl methyl sites for hydroxylation is 1. The van der Waals surface area contributed by atoms with Crippen LogP contribution in [0, 0.1) is 0 Å². The number of aliphatic imine (C=N–C) groups is 1. The molecule has 0 bridgehead atoms. The largest absolute Gasteiger partial charge is 0.377 e. The van der Waals surface area contributed by atoms with Crippen molar-refractivity contribution in [2.75, 3.05) is 20.2 Å². The highest BCUT2D eigenvalue weighted by atomic mass is 16.5. The predicted octanol–water partition coefficient (Wildman–Crippen LogP) is 2.42. The molecular weight excluding hydrogens is 364 g/mol. The average molecular weight is 397 g/mol. The highest BCUT2D eigenvalue weighted by Gasteiger charge is 2.38. The van der Waals surface area contributed by atoms with Crippen LogP contribution in [0.5, 0.6) is 0 Å². The molecule has 2 N–H and O–H groups in total. The van der Waals surface area contributed by atoms with E-state index in [-0.39, 0.29) is 5.41 Å². The third-order valence-electron chi connectivity index (χ3n) is 6.10. The summed E-state index contributed by atoms with van der Waals surface area (Å²) < 4.78 is 7.17. The van der Waals surface area contributed by atoms with E-state index < -0.39 is 0 Å². The summed E-state index contributed by atoms with van der Waals surface area (Å²) >= 11 is 0. The molecule has 4 rings (SSSR count). The Balaban J connectivity index is 1.42. The number of nitrogens with one attached hydrogen (secondary N) is 2. The Hall–Kier alpha value is -2.41. The molecule has 1 aromatic heterocycles. The van der Waals surface area contributed by atoms with Crippen molar-refractivity contribution in [3.05, 3.63) is 47.5 Å². The average Bonchev–Trinajstić information content (AvgIpc) is 3.10. The zero-order valence-electron chi connectivity index (χ0n) is 17.5. The first-order chi connectivity index (χ1) is 14.2. The molecule has 29 heavy (non-hydrogen) atoms. The van der Waals surface area contributed by atoms with Gasteiger partial charge in [0.15, 0.2) is 11.8 Å². The van der Waals surface area contributed by atoms with Gasteiger partial charge in [0.2, 0.25) is 0 Å². The lowest BCUT2D eigenvalue weighted by atomic mass is 9.64. The van der Waals surface area contributed by atoms with Crippen LogP contribution in [0.2, 0.25) is 0 Å². The zero-order chi connectivity index (χ0) is 20.1. The standard InChI is InChI=1S/C22H32N6O/c1-3-23-21(24-16-22(12-7-13-22)17-8-5-4-6-9-17)25-18-10-11-20-26-19(15-29-2)27-28(20)14-18/h4-6,8-9,18H,3,7,10-16H2,1-2H3,(H2,23,24,25). The molecular formula is C22H32N6O. The Kier molecular flexibility index (Phi) is 6.13. The molecule has 2 aromatic rings. The molecule has 7 heteroatoms. The SMILES string of the molecule is CCNC(=NCC1(c2ccccc2)CCC1)NC1CCc2nc(COC)nn2C1. The van der Waals surface area contributed by atoms with Gasteiger partial charge in [-0.25, -0.2) is 9.67 Å². The molecule has 0 saturated heterocycles. The van der Waals surface area contributed by atoms with Gasteiger partial charge in [-0.15, -0.1) is 0 Å². The van der Waals surface area contributed by atoms with Gasteiger partial charge < -0.3 is 15.4 Å². The summed E-state index contributed by atoms with van der Waals surface area (Å²) in [6, 6.07) is 11.2. The van der Waals surface area contributed by atoms with Crippen LogP contribution in [0.3, 0.4) is 0 Å². The second-order valence-corrected chi connectivity index (χ2v) is 8.13. The molecule has 1 saturated carbocycles. The minimum Gasteiger partial charge on any atom is -0.377 e. The van der Waals surface area contributed by atoms with Gasteiger partial charge in [0.1, 0.15) is 12.4 Å². The molecule has 2 heterocycles. The van der Waals surface area contributed by atoms with E-state index in [1.807, 2.05) is 4.68 Å². The lowest BCUT2D eigenvalue weighted by molar-refractivity contribution is 0.177. The molecule has 1 unspecified atom stereocenters. The second-order valence-electron chi connectivity index (χ2n) is 8.13. The van der Waals surface area contributed by atoms with Crippen molar-refractivity contribution in [2.45, 2.75) is 63.6 Å². The van der Waals surface area contributed by atoms with Gasteiger partial charge in [-0.3, -0.25) is 4.99 Å². The molecule has 0 spiro atoms. The van der Waals surface area contributed by atoms with Gasteiger partial charge in [0, 0.05) is 31.5 Å². The zero-order valence-corrected chi connectivity index (χ0v) is 17.5. The van der Waals surface area contributed by atoms with Crippen LogP contribution in [0.4, 0.5) is 0 Å². The van der Waals surface area contributed by atoms with Crippen molar-refractivity contribution in [3.8, 4) is 0 Å². The van der Waals surface area contributed by atoms with Gasteiger partial charge >= 0.3 is 0 Å². The normalized spacial score (nSPS) is 20.6. The number of guanidine groups is 1. The summed E-state index contributed by atoms with van der Waals surface area (Å²) in [5.74, 6) is 2.72. The molecule has 0 radical (unpaired) electrons. The van der Waals surface area contributed by atoms with Crippen LogP contribution < -0.4 is 10.6 Å². The number of fused-ring (bicyclic) bond motifs is 1. The van der Waals surface area contributed by atoms with Crippen molar-refractivity contribution in [1.29, 1.82) is 0 Å². The van der Waals surface area contributed by atoms with Crippen molar-refractivity contribution in [3.63, 3.8) is 0 Å². The number of ether oxygens (including phenoxy) is 1. The van der Waals surface area contributed by atoms with Gasteiger partial charge in [0.25, 0.3) is 0 Å². The van der Waals surface area contributed by atoms with Crippen molar-refractivity contribution >= 4 is 5.96 Å². The third kappa shape index (κ3) is 4.45. The number of rotatable bonds is 7. The van der Waals surface area contributed by atoms with Gasteiger partial charge in [0.05, 0.1) is 13.1 Å². The number of hydrogen-bond donors (Lipinski definition) is 2. The maximum atomic E-state index is 5.16. The molecule has 1 aromatic carbocycles. The van der Waals surface area contributed by atoms with E-state index in [9.17, 15) is 0 Å². The lowest BCUT2D eigenvalue weighted by Gasteiger charge is -2.41. The lowest BCUT2D eigenvalue weighted by Crippen LogP contribution is -2.48. The summed E-state index contributed by atoms with van der Waals surface area (Å²) in [5, 5.41) is 11.6. The Morgan fingerprint density at radius 1 is 1.31 bits per heavy atom. The van der Waals surface area contributed by atoms with E-state index in [0.29, 0.717) is 12.6 Å². The molecule has 7 nitrogen and oxygen atoms in total. The summed E-state index contributed by atoms with van der Waals surface area (Å²) in [6.45, 7) is 5.06. The van der Waals surface area contributed by atoms with Crippen molar-refractivity contribution in [1.82, 2.24) is 25.4 Å². The van der Waals surface area contributed by atoms with E-state index in [1.165, 1.54) is 24.8 Å². The van der Waals surface area contributed by atoms with E-state index in [2.05, 4.69) is 58.0 Å². The first-order valence-corrected chi connectivity index (χ1v) is 10.7. The highest BCUT2D eigenvalue weighted by Crippen LogP contribution is 2.43. The van der Waals surface area contributed by atoms with Crippen LogP contribution in [-0.2, 0) is 29.7 Å². The molecule has 1 atom stereocenters. The third-order valence-corrected chi connectivity index (χ3v) is 6.10. The topological polar surface area (TPSA) is 76.4 Å². The number of aromatic nitrogens is 3. The van der Waals surface area contributed by atoms with Gasteiger partial charge in [-0.2, -0.15) is 5.10 Å². The molecule has 156 valence electrons. The smallest absolute Gasteiger partial charge is 0.191 e. The fraction of sp³-hybridized carbons (Fsp3) is 0.591. The Labute approximate surface area is 173 Å². The Morgan fingerprint density at radius 2 is 2.14 bits per heavy atom. The number of benzene rings is 1. The van der Waals surface area contributed by atoms with E-state index >= 15 is 0 Å². The van der Waals surface area contributed by atoms with E-state index in [0.717, 1.165) is 50.1 Å². The van der Waals surface area contributed by atoms with Crippen molar-refractivity contribution in [2.24, 2.45) is 4.99 Å². The molecule has 2 aliphatic rings.